The van der Waals surface area contributed by atoms with Crippen molar-refractivity contribution in [1.82, 2.24) is 0 Å². The van der Waals surface area contributed by atoms with E-state index in [1.165, 1.54) is 25.5 Å². The van der Waals surface area contributed by atoms with Gasteiger partial charge < -0.3 is 14.0 Å². The Hall–Kier alpha value is -1.33. The minimum atomic E-state index is -0.440. The van der Waals surface area contributed by atoms with Crippen LogP contribution in [0, 0.1) is 6.92 Å². The number of benzene rings is 1. The number of methoxy groups -OCH3 is 1. The van der Waals surface area contributed by atoms with Gasteiger partial charge in [-0.1, -0.05) is 13.0 Å². The molecule has 2 fully saturated rings. The fraction of sp³-hybridized carbons (Fsp3) is 0.632. The van der Waals surface area contributed by atoms with Crippen molar-refractivity contribution in [2.45, 2.75) is 71.0 Å². The van der Waals surface area contributed by atoms with Gasteiger partial charge in [0.05, 0.1) is 23.9 Å². The first-order valence-corrected chi connectivity index (χ1v) is 8.81. The van der Waals surface area contributed by atoms with E-state index in [9.17, 15) is 4.79 Å². The fourth-order valence-corrected chi connectivity index (χ4v) is 3.46. The maximum absolute atomic E-state index is 12.1. The minimum Gasteiger partial charge on any atom is -0.465 e. The van der Waals surface area contributed by atoms with E-state index in [0.29, 0.717) is 11.5 Å². The summed E-state index contributed by atoms with van der Waals surface area (Å²) in [6.45, 7) is 10.3. The molecule has 1 aliphatic carbocycles. The highest BCUT2D eigenvalue weighted by molar-refractivity contribution is 6.62. The quantitative estimate of drug-likeness (QED) is 0.627. The van der Waals surface area contributed by atoms with Crippen LogP contribution in [-0.4, -0.2) is 31.4 Å². The van der Waals surface area contributed by atoms with E-state index in [1.54, 1.807) is 0 Å². The Bertz CT molecular complexity index is 666. The lowest BCUT2D eigenvalue weighted by atomic mass is 9.73. The lowest BCUT2D eigenvalue weighted by molar-refractivity contribution is -0.0118. The van der Waals surface area contributed by atoms with Gasteiger partial charge in [-0.15, -0.1) is 0 Å². The molecular formula is C19H27BO4. The molecule has 0 radical (unpaired) electrons. The Kier molecular flexibility index (Phi) is 4.29. The number of carbonyl (C=O) groups is 1. The first-order chi connectivity index (χ1) is 11.2. The Labute approximate surface area is 145 Å². The average molecular weight is 330 g/mol. The van der Waals surface area contributed by atoms with Crippen molar-refractivity contribution in [2.75, 3.05) is 7.11 Å². The Morgan fingerprint density at radius 3 is 2.46 bits per heavy atom. The van der Waals surface area contributed by atoms with Crippen molar-refractivity contribution < 1.29 is 18.8 Å². The van der Waals surface area contributed by atoms with E-state index < -0.39 is 7.12 Å². The lowest BCUT2D eigenvalue weighted by Crippen LogP contribution is -2.44. The molecule has 3 rings (SSSR count). The van der Waals surface area contributed by atoms with Gasteiger partial charge in [0.15, 0.2) is 0 Å². The maximum atomic E-state index is 12.1. The van der Waals surface area contributed by atoms with Crippen LogP contribution in [0.2, 0.25) is 0 Å². The van der Waals surface area contributed by atoms with E-state index in [2.05, 4.69) is 33.8 Å². The largest absolute Gasteiger partial charge is 0.495 e. The third-order valence-electron chi connectivity index (χ3n) is 5.82. The van der Waals surface area contributed by atoms with Gasteiger partial charge in [0.2, 0.25) is 0 Å². The Balaban J connectivity index is 2.05. The van der Waals surface area contributed by atoms with Crippen molar-refractivity contribution in [2.24, 2.45) is 0 Å². The fourth-order valence-electron chi connectivity index (χ4n) is 3.46. The molecule has 1 aromatic carbocycles. The van der Waals surface area contributed by atoms with Crippen LogP contribution in [0.1, 0.15) is 74.4 Å². The molecule has 1 saturated carbocycles. The molecule has 1 aromatic rings. The maximum Gasteiger partial charge on any atom is 0.495 e. The molecule has 0 amide bonds. The zero-order chi connectivity index (χ0) is 17.7. The molecule has 1 atom stereocenters. The highest BCUT2D eigenvalue weighted by Crippen LogP contribution is 2.43. The molecule has 1 heterocycles. The Morgan fingerprint density at radius 2 is 1.96 bits per heavy atom. The summed E-state index contributed by atoms with van der Waals surface area (Å²) in [4.78, 5) is 12.1. The molecule has 0 bridgehead atoms. The van der Waals surface area contributed by atoms with Gasteiger partial charge in [-0.3, -0.25) is 0 Å². The van der Waals surface area contributed by atoms with Crippen LogP contribution in [0.15, 0.2) is 12.1 Å². The van der Waals surface area contributed by atoms with Crippen LogP contribution in [0.4, 0.5) is 0 Å². The summed E-state index contributed by atoms with van der Waals surface area (Å²) < 4.78 is 17.6. The summed E-state index contributed by atoms with van der Waals surface area (Å²) in [7, 11) is 0.973. The summed E-state index contributed by atoms with van der Waals surface area (Å²) in [5.74, 6) is 0.237. The second-order valence-electron chi connectivity index (χ2n) is 7.72. The molecule has 1 aliphatic heterocycles. The molecular weight excluding hydrogens is 303 g/mol. The topological polar surface area (TPSA) is 44.8 Å². The molecule has 4 nitrogen and oxygen atoms in total. The van der Waals surface area contributed by atoms with Crippen molar-refractivity contribution in [3.63, 3.8) is 0 Å². The van der Waals surface area contributed by atoms with Crippen LogP contribution < -0.4 is 5.46 Å². The number of esters is 1. The number of ether oxygens (including phenoxy) is 1. The molecule has 1 unspecified atom stereocenters. The van der Waals surface area contributed by atoms with Crippen LogP contribution in [0.5, 0.6) is 0 Å². The normalized spacial score (nSPS) is 25.8. The molecule has 5 heteroatoms. The molecule has 0 aromatic heterocycles. The molecule has 0 N–H and O–H groups in total. The number of aryl methyl sites for hydroxylation is 1. The van der Waals surface area contributed by atoms with Crippen LogP contribution in [-0.2, 0) is 14.0 Å². The summed E-state index contributed by atoms with van der Waals surface area (Å²) in [5, 5.41) is 0. The molecule has 24 heavy (non-hydrogen) atoms. The van der Waals surface area contributed by atoms with E-state index in [0.717, 1.165) is 17.4 Å². The van der Waals surface area contributed by atoms with Crippen molar-refractivity contribution in [3.8, 4) is 0 Å². The Morgan fingerprint density at radius 1 is 1.29 bits per heavy atom. The van der Waals surface area contributed by atoms with E-state index in [-0.39, 0.29) is 17.2 Å². The van der Waals surface area contributed by atoms with E-state index in [4.69, 9.17) is 14.0 Å². The zero-order valence-electron chi connectivity index (χ0n) is 15.6. The first kappa shape index (κ1) is 17.5. The van der Waals surface area contributed by atoms with Gasteiger partial charge >= 0.3 is 13.1 Å². The number of rotatable bonds is 4. The van der Waals surface area contributed by atoms with Crippen LogP contribution >= 0.6 is 0 Å². The molecule has 130 valence electrons. The summed E-state index contributed by atoms with van der Waals surface area (Å²) >= 11 is 0. The van der Waals surface area contributed by atoms with Gasteiger partial charge in [0.1, 0.15) is 0 Å². The van der Waals surface area contributed by atoms with Gasteiger partial charge in [0, 0.05) is 0 Å². The van der Waals surface area contributed by atoms with Gasteiger partial charge in [0.25, 0.3) is 0 Å². The highest BCUT2D eigenvalue weighted by atomic mass is 16.7. The molecule has 0 spiro atoms. The van der Waals surface area contributed by atoms with Crippen molar-refractivity contribution >= 4 is 18.6 Å². The number of carbonyl (C=O) groups excluding carboxylic acids is 1. The predicted octanol–water partition coefficient (Wildman–Crippen LogP) is 3.35. The molecule has 2 aliphatic rings. The van der Waals surface area contributed by atoms with Crippen molar-refractivity contribution in [3.05, 3.63) is 28.8 Å². The smallest absolute Gasteiger partial charge is 0.465 e. The highest BCUT2D eigenvalue weighted by Gasteiger charge is 2.54. The van der Waals surface area contributed by atoms with Gasteiger partial charge in [-0.05, 0) is 75.5 Å². The zero-order valence-corrected chi connectivity index (χ0v) is 15.6. The van der Waals surface area contributed by atoms with Gasteiger partial charge in [-0.2, -0.15) is 0 Å². The van der Waals surface area contributed by atoms with Crippen LogP contribution in [0.25, 0.3) is 0 Å². The average Bonchev–Trinajstić information content (AvgIpc) is 3.34. The minimum absolute atomic E-state index is 0.313. The second kappa shape index (κ2) is 5.89. The second-order valence-corrected chi connectivity index (χ2v) is 7.72. The van der Waals surface area contributed by atoms with E-state index in [1.807, 2.05) is 13.0 Å². The van der Waals surface area contributed by atoms with Crippen LogP contribution in [0.3, 0.4) is 0 Å². The number of hydrogen-bond acceptors (Lipinski definition) is 4. The van der Waals surface area contributed by atoms with Crippen molar-refractivity contribution in [1.29, 1.82) is 0 Å². The summed E-state index contributed by atoms with van der Waals surface area (Å²) in [6, 6.07) is 4.03. The van der Waals surface area contributed by atoms with Gasteiger partial charge in [-0.25, -0.2) is 4.79 Å². The predicted molar refractivity (Wildman–Crippen MR) is 94.8 cm³/mol. The lowest BCUT2D eigenvalue weighted by Gasteiger charge is -2.35. The summed E-state index contributed by atoms with van der Waals surface area (Å²) in [5.41, 5.74) is 3.03. The third kappa shape index (κ3) is 2.78. The third-order valence-corrected chi connectivity index (χ3v) is 5.82. The van der Waals surface area contributed by atoms with E-state index >= 15 is 0 Å². The first-order valence-electron chi connectivity index (χ1n) is 8.81. The monoisotopic (exact) mass is 330 g/mol. The molecule has 1 saturated heterocycles. The standard InChI is InChI=1S/C19H27BO4/c1-7-19(5)18(3,4)23-20(24-19)16-11-14(17(21)22-6)12(2)10-15(16)13-8-9-13/h10-11,13H,7-9H2,1-6H3. The SMILES string of the molecule is CCC1(C)OB(c2cc(C(=O)OC)c(C)cc2C2CC2)OC1(C)C. The summed E-state index contributed by atoms with van der Waals surface area (Å²) in [6.07, 6.45) is 3.24. The number of hydrogen-bond donors (Lipinski definition) is 0.